The van der Waals surface area contributed by atoms with Gasteiger partial charge < -0.3 is 4.74 Å². The highest BCUT2D eigenvalue weighted by atomic mass is 16.6. The zero-order chi connectivity index (χ0) is 14.1. The minimum Gasteiger partial charge on any atom is -0.489 e. The maximum atomic E-state index is 10.8. The Morgan fingerprint density at radius 2 is 1.58 bits per heavy atom. The van der Waals surface area contributed by atoms with Crippen LogP contribution in [0.3, 0.4) is 0 Å². The fraction of sp³-hybridized carbons (Fsp3) is 0.200. The Kier molecular flexibility index (Phi) is 6.09. The van der Waals surface area contributed by atoms with Crippen LogP contribution in [0, 0.1) is 10.1 Å². The molecule has 0 fully saturated rings. The molecule has 2 aromatic rings. The van der Waals surface area contributed by atoms with Gasteiger partial charge >= 0.3 is 0 Å². The summed E-state index contributed by atoms with van der Waals surface area (Å²) in [7, 11) is 0. The molecule has 0 heterocycles. The fourth-order valence-corrected chi connectivity index (χ4v) is 1.49. The van der Waals surface area contributed by atoms with Crippen molar-refractivity contribution in [1.82, 2.24) is 0 Å². The molecule has 0 aromatic heterocycles. The molecule has 0 aliphatic heterocycles. The second-order valence-corrected chi connectivity index (χ2v) is 3.49. The average Bonchev–Trinajstić information content (AvgIpc) is 2.48. The molecule has 100 valence electrons. The number of hydrogen-bond donors (Lipinski definition) is 0. The van der Waals surface area contributed by atoms with Gasteiger partial charge in [0, 0.05) is 6.07 Å². The van der Waals surface area contributed by atoms with E-state index in [9.17, 15) is 10.1 Å². The van der Waals surface area contributed by atoms with Gasteiger partial charge in [-0.05, 0) is 18.2 Å². The molecule has 0 saturated carbocycles. The predicted octanol–water partition coefficient (Wildman–Crippen LogP) is 4.20. The largest absolute Gasteiger partial charge is 0.489 e. The number of para-hydroxylation sites is 2. The molecule has 2 rings (SSSR count). The van der Waals surface area contributed by atoms with E-state index in [0.29, 0.717) is 11.3 Å². The number of nitrogens with zero attached hydrogens (tertiary/aromatic N) is 1. The van der Waals surface area contributed by atoms with Crippen LogP contribution >= 0.6 is 0 Å². The van der Waals surface area contributed by atoms with Crippen molar-refractivity contribution in [3.63, 3.8) is 0 Å². The van der Waals surface area contributed by atoms with E-state index in [1.165, 1.54) is 6.07 Å². The second kappa shape index (κ2) is 7.87. The van der Waals surface area contributed by atoms with Crippen LogP contribution < -0.4 is 4.74 Å². The van der Waals surface area contributed by atoms with Crippen molar-refractivity contribution in [2.75, 3.05) is 0 Å². The van der Waals surface area contributed by atoms with Gasteiger partial charge in [-0.25, -0.2) is 0 Å². The number of benzene rings is 2. The number of ether oxygens (including phenoxy) is 1. The maximum Gasteiger partial charge on any atom is 0.276 e. The summed E-state index contributed by atoms with van der Waals surface area (Å²) in [5, 5.41) is 10.8. The van der Waals surface area contributed by atoms with Crippen LogP contribution in [-0.2, 0) is 6.61 Å². The van der Waals surface area contributed by atoms with Gasteiger partial charge in [0.05, 0.1) is 10.5 Å². The summed E-state index contributed by atoms with van der Waals surface area (Å²) in [6, 6.07) is 15.8. The number of nitro groups is 1. The first-order chi connectivity index (χ1) is 9.27. The lowest BCUT2D eigenvalue weighted by Gasteiger charge is -2.06. The van der Waals surface area contributed by atoms with Crippen LogP contribution in [0.1, 0.15) is 19.4 Å². The molecule has 0 radical (unpaired) electrons. The Morgan fingerprint density at radius 1 is 1.00 bits per heavy atom. The molecule has 0 N–H and O–H groups in total. The van der Waals surface area contributed by atoms with Crippen molar-refractivity contribution in [3.8, 4) is 5.75 Å². The second-order valence-electron chi connectivity index (χ2n) is 3.49. The van der Waals surface area contributed by atoms with E-state index in [2.05, 4.69) is 0 Å². The SMILES string of the molecule is CC.O=[N+]([O-])c1ccccc1COc1ccccc1. The Bertz CT molecular complexity index is 512. The van der Waals surface area contributed by atoms with Gasteiger partial charge in [0.2, 0.25) is 0 Å². The average molecular weight is 259 g/mol. The van der Waals surface area contributed by atoms with Gasteiger partial charge in [-0.3, -0.25) is 10.1 Å². The van der Waals surface area contributed by atoms with Gasteiger partial charge in [-0.1, -0.05) is 44.2 Å². The first-order valence-electron chi connectivity index (χ1n) is 6.17. The van der Waals surface area contributed by atoms with Crippen LogP contribution in [0.25, 0.3) is 0 Å². The summed E-state index contributed by atoms with van der Waals surface area (Å²) < 4.78 is 5.48. The number of nitro benzene ring substituents is 1. The highest BCUT2D eigenvalue weighted by molar-refractivity contribution is 5.39. The van der Waals surface area contributed by atoms with Crippen molar-refractivity contribution >= 4 is 5.69 Å². The number of hydrogen-bond acceptors (Lipinski definition) is 3. The van der Waals surface area contributed by atoms with Crippen molar-refractivity contribution in [1.29, 1.82) is 0 Å². The topological polar surface area (TPSA) is 52.4 Å². The molecule has 4 heteroatoms. The van der Waals surface area contributed by atoms with Gasteiger partial charge in [0.1, 0.15) is 12.4 Å². The summed E-state index contributed by atoms with van der Waals surface area (Å²) in [4.78, 5) is 10.4. The molecule has 0 spiro atoms. The van der Waals surface area contributed by atoms with Crippen LogP contribution in [0.4, 0.5) is 5.69 Å². The Hall–Kier alpha value is -2.36. The zero-order valence-corrected chi connectivity index (χ0v) is 11.1. The fourth-order valence-electron chi connectivity index (χ4n) is 1.49. The molecular formula is C15H17NO3. The summed E-state index contributed by atoms with van der Waals surface area (Å²) in [6.45, 7) is 4.20. The van der Waals surface area contributed by atoms with E-state index < -0.39 is 4.92 Å². The van der Waals surface area contributed by atoms with Gasteiger partial charge in [0.25, 0.3) is 5.69 Å². The molecule has 0 amide bonds. The molecule has 0 aliphatic carbocycles. The highest BCUT2D eigenvalue weighted by Crippen LogP contribution is 2.19. The molecule has 2 aromatic carbocycles. The summed E-state index contributed by atoms with van der Waals surface area (Å²) >= 11 is 0. The lowest BCUT2D eigenvalue weighted by molar-refractivity contribution is -0.385. The summed E-state index contributed by atoms with van der Waals surface area (Å²) in [6.07, 6.45) is 0. The van der Waals surface area contributed by atoms with Gasteiger partial charge in [-0.2, -0.15) is 0 Å². The quantitative estimate of drug-likeness (QED) is 0.610. The minimum atomic E-state index is -0.399. The van der Waals surface area contributed by atoms with E-state index in [1.807, 2.05) is 44.2 Å². The monoisotopic (exact) mass is 259 g/mol. The molecule has 0 bridgehead atoms. The van der Waals surface area contributed by atoms with E-state index in [0.717, 1.165) is 0 Å². The van der Waals surface area contributed by atoms with Crippen LogP contribution in [-0.4, -0.2) is 4.92 Å². The van der Waals surface area contributed by atoms with E-state index >= 15 is 0 Å². The van der Waals surface area contributed by atoms with Crippen LogP contribution in [0.5, 0.6) is 5.75 Å². The van der Waals surface area contributed by atoms with Crippen molar-refractivity contribution < 1.29 is 9.66 Å². The third kappa shape index (κ3) is 4.43. The first-order valence-corrected chi connectivity index (χ1v) is 6.17. The summed E-state index contributed by atoms with van der Waals surface area (Å²) in [5.41, 5.74) is 0.657. The minimum absolute atomic E-state index is 0.0865. The maximum absolute atomic E-state index is 10.8. The van der Waals surface area contributed by atoms with Crippen molar-refractivity contribution in [2.45, 2.75) is 20.5 Å². The Morgan fingerprint density at radius 3 is 2.21 bits per heavy atom. The van der Waals surface area contributed by atoms with Crippen LogP contribution in [0.2, 0.25) is 0 Å². The van der Waals surface area contributed by atoms with E-state index in [-0.39, 0.29) is 12.3 Å². The molecule has 0 unspecified atom stereocenters. The number of rotatable bonds is 4. The molecule has 0 atom stereocenters. The third-order valence-corrected chi connectivity index (χ3v) is 2.33. The normalized spacial score (nSPS) is 9.16. The van der Waals surface area contributed by atoms with Crippen molar-refractivity contribution in [2.24, 2.45) is 0 Å². The van der Waals surface area contributed by atoms with Crippen LogP contribution in [0.15, 0.2) is 54.6 Å². The van der Waals surface area contributed by atoms with Gasteiger partial charge in [0.15, 0.2) is 0 Å². The summed E-state index contributed by atoms with van der Waals surface area (Å²) in [5.74, 6) is 0.700. The highest BCUT2D eigenvalue weighted by Gasteiger charge is 2.12. The standard InChI is InChI=1S/C13H11NO3.C2H6/c15-14(16)13-9-5-4-6-11(13)10-17-12-7-2-1-3-8-12;1-2/h1-9H,10H2;1-2H3. The molecule has 0 saturated heterocycles. The molecular weight excluding hydrogens is 242 g/mol. The van der Waals surface area contributed by atoms with E-state index in [4.69, 9.17) is 4.74 Å². The lowest BCUT2D eigenvalue weighted by Crippen LogP contribution is -2.00. The Balaban J connectivity index is 0.000000861. The lowest BCUT2D eigenvalue weighted by atomic mass is 10.2. The van der Waals surface area contributed by atoms with E-state index in [1.54, 1.807) is 18.2 Å². The predicted molar refractivity (Wildman–Crippen MR) is 75.2 cm³/mol. The Labute approximate surface area is 112 Å². The van der Waals surface area contributed by atoms with Crippen molar-refractivity contribution in [3.05, 3.63) is 70.3 Å². The molecule has 0 aliphatic rings. The zero-order valence-electron chi connectivity index (χ0n) is 11.1. The van der Waals surface area contributed by atoms with Gasteiger partial charge in [-0.15, -0.1) is 0 Å². The smallest absolute Gasteiger partial charge is 0.276 e. The first kappa shape index (κ1) is 14.7. The molecule has 4 nitrogen and oxygen atoms in total. The molecule has 19 heavy (non-hydrogen) atoms. The third-order valence-electron chi connectivity index (χ3n) is 2.33.